The molecule has 0 aromatic heterocycles. The van der Waals surface area contributed by atoms with Crippen LogP contribution in [0.15, 0.2) is 12.1 Å². The van der Waals surface area contributed by atoms with E-state index in [2.05, 4.69) is 15.9 Å². The fourth-order valence-electron chi connectivity index (χ4n) is 3.27. The lowest BCUT2D eigenvalue weighted by Gasteiger charge is -2.27. The summed E-state index contributed by atoms with van der Waals surface area (Å²) < 4.78 is 10.1. The van der Waals surface area contributed by atoms with Gasteiger partial charge in [0.25, 0.3) is 0 Å². The van der Waals surface area contributed by atoms with Crippen molar-refractivity contribution in [1.29, 1.82) is 21.0 Å². The molecule has 3 N–H and O–H groups in total. The SMILES string of the molecule is COc1cc(C#N)c(CBr)c(C#N)c1O.N#Cc1cc(O)c(O)c(C#N)c1CN1CCOCC1. The van der Waals surface area contributed by atoms with Crippen LogP contribution < -0.4 is 4.74 Å². The smallest absolute Gasteiger partial charge is 0.176 e. The van der Waals surface area contributed by atoms with E-state index < -0.39 is 11.5 Å². The lowest BCUT2D eigenvalue weighted by molar-refractivity contribution is 0.0341. The third-order valence-corrected chi connectivity index (χ3v) is 5.62. The number of phenolic OH excluding ortho intramolecular Hbond substituents is 3. The molecule has 1 saturated heterocycles. The Labute approximate surface area is 204 Å². The van der Waals surface area contributed by atoms with E-state index in [0.717, 1.165) is 0 Å². The van der Waals surface area contributed by atoms with E-state index >= 15 is 0 Å². The maximum absolute atomic E-state index is 9.70. The minimum absolute atomic E-state index is 0.0389. The maximum atomic E-state index is 9.70. The van der Waals surface area contributed by atoms with Gasteiger partial charge >= 0.3 is 0 Å². The van der Waals surface area contributed by atoms with Gasteiger partial charge < -0.3 is 24.8 Å². The van der Waals surface area contributed by atoms with Crippen LogP contribution in [0.25, 0.3) is 0 Å². The summed E-state index contributed by atoms with van der Waals surface area (Å²) in [4.78, 5) is 2.04. The highest BCUT2D eigenvalue weighted by molar-refractivity contribution is 9.08. The highest BCUT2D eigenvalue weighted by Gasteiger charge is 2.21. The number of methoxy groups -OCH3 is 1. The standard InChI is InChI=1S/C13H13N3O3.C10H7BrN2O2/c14-6-9-5-12(17)13(18)10(7-15)11(9)8-16-1-3-19-4-2-16;1-15-9-2-6(4-12)7(3-11)8(5-13)10(9)14/h5,17-18H,1-4,8H2;2,14H,3H2,1H3. The molecular weight excluding hydrogens is 506 g/mol. The molecular formula is C23H20BrN5O5. The molecule has 0 aliphatic carbocycles. The summed E-state index contributed by atoms with van der Waals surface area (Å²) in [7, 11) is 1.37. The van der Waals surface area contributed by atoms with Crippen molar-refractivity contribution in [3.8, 4) is 47.3 Å². The van der Waals surface area contributed by atoms with E-state index in [0.29, 0.717) is 54.9 Å². The number of halogens is 1. The monoisotopic (exact) mass is 525 g/mol. The van der Waals surface area contributed by atoms with Gasteiger partial charge in [0.05, 0.1) is 43.6 Å². The van der Waals surface area contributed by atoms with E-state index in [1.165, 1.54) is 19.2 Å². The lowest BCUT2D eigenvalue weighted by atomic mass is 10.00. The molecule has 1 heterocycles. The first-order chi connectivity index (χ1) is 16.4. The first-order valence-electron chi connectivity index (χ1n) is 9.83. The predicted octanol–water partition coefficient (Wildman–Crippen LogP) is 2.71. The first kappa shape index (κ1) is 26.3. The Morgan fingerprint density at radius 3 is 1.97 bits per heavy atom. The number of alkyl halides is 1. The summed E-state index contributed by atoms with van der Waals surface area (Å²) in [6.07, 6.45) is 0. The van der Waals surface area contributed by atoms with Crippen LogP contribution in [-0.2, 0) is 16.6 Å². The molecule has 174 valence electrons. The second kappa shape index (κ2) is 12.3. The van der Waals surface area contributed by atoms with Crippen molar-refractivity contribution in [3.63, 3.8) is 0 Å². The molecule has 1 fully saturated rings. The van der Waals surface area contributed by atoms with Gasteiger partial charge in [0, 0.05) is 48.2 Å². The Morgan fingerprint density at radius 1 is 0.912 bits per heavy atom. The number of nitriles is 4. The topological polar surface area (TPSA) is 178 Å². The van der Waals surface area contributed by atoms with Gasteiger partial charge in [-0.15, -0.1) is 0 Å². The van der Waals surface area contributed by atoms with E-state index in [1.54, 1.807) is 0 Å². The van der Waals surface area contributed by atoms with E-state index in [4.69, 9.17) is 30.5 Å². The second-order valence-corrected chi connectivity index (χ2v) is 7.50. The molecule has 1 aliphatic heterocycles. The van der Waals surface area contributed by atoms with Crippen molar-refractivity contribution in [3.05, 3.63) is 45.5 Å². The minimum Gasteiger partial charge on any atom is -0.504 e. The fourth-order valence-corrected chi connectivity index (χ4v) is 3.85. The van der Waals surface area contributed by atoms with Crippen LogP contribution in [0.4, 0.5) is 0 Å². The molecule has 0 amide bonds. The number of ether oxygens (including phenoxy) is 2. The number of benzene rings is 2. The zero-order chi connectivity index (χ0) is 25.3. The Balaban J connectivity index is 0.000000248. The molecule has 0 bridgehead atoms. The van der Waals surface area contributed by atoms with E-state index in [9.17, 15) is 15.3 Å². The third-order valence-electron chi connectivity index (χ3n) is 5.06. The van der Waals surface area contributed by atoms with Gasteiger partial charge in [-0.05, 0) is 0 Å². The summed E-state index contributed by atoms with van der Waals surface area (Å²) in [5.74, 6) is -1.01. The fraction of sp³-hybridized carbons (Fsp3) is 0.304. The van der Waals surface area contributed by atoms with Gasteiger partial charge in [-0.2, -0.15) is 21.0 Å². The van der Waals surface area contributed by atoms with Gasteiger partial charge in [0.2, 0.25) is 0 Å². The molecule has 0 unspecified atom stereocenters. The zero-order valence-electron chi connectivity index (χ0n) is 18.2. The van der Waals surface area contributed by atoms with Gasteiger partial charge in [-0.1, -0.05) is 15.9 Å². The molecule has 0 radical (unpaired) electrons. The molecule has 3 rings (SSSR count). The molecule has 11 heteroatoms. The predicted molar refractivity (Wildman–Crippen MR) is 122 cm³/mol. The van der Waals surface area contributed by atoms with Crippen molar-refractivity contribution in [2.75, 3.05) is 33.4 Å². The van der Waals surface area contributed by atoms with Crippen LogP contribution in [0.3, 0.4) is 0 Å². The highest BCUT2D eigenvalue weighted by Crippen LogP contribution is 2.35. The van der Waals surface area contributed by atoms with Crippen LogP contribution in [0.2, 0.25) is 0 Å². The Kier molecular flexibility index (Phi) is 9.49. The molecule has 2 aromatic carbocycles. The Morgan fingerprint density at radius 2 is 1.47 bits per heavy atom. The van der Waals surface area contributed by atoms with Crippen LogP contribution in [0, 0.1) is 45.3 Å². The van der Waals surface area contributed by atoms with Crippen LogP contribution >= 0.6 is 15.9 Å². The number of hydrogen-bond donors (Lipinski definition) is 3. The van der Waals surface area contributed by atoms with Gasteiger partial charge in [-0.25, -0.2) is 0 Å². The van der Waals surface area contributed by atoms with Crippen molar-refractivity contribution in [1.82, 2.24) is 4.90 Å². The van der Waals surface area contributed by atoms with E-state index in [1.807, 2.05) is 29.2 Å². The minimum atomic E-state index is -0.468. The first-order valence-corrected chi connectivity index (χ1v) is 11.0. The van der Waals surface area contributed by atoms with Crippen molar-refractivity contribution < 1.29 is 24.8 Å². The number of morpholine rings is 1. The number of nitrogens with zero attached hydrogens (tertiary/aromatic N) is 5. The van der Waals surface area contributed by atoms with Crippen molar-refractivity contribution >= 4 is 15.9 Å². The maximum Gasteiger partial charge on any atom is 0.176 e. The molecule has 34 heavy (non-hydrogen) atoms. The van der Waals surface area contributed by atoms with Crippen LogP contribution in [-0.4, -0.2) is 53.6 Å². The quantitative estimate of drug-likeness (QED) is 0.396. The number of hydrogen-bond acceptors (Lipinski definition) is 10. The van der Waals surface area contributed by atoms with Crippen molar-refractivity contribution in [2.45, 2.75) is 11.9 Å². The third kappa shape index (κ3) is 5.67. The summed E-state index contributed by atoms with van der Waals surface area (Å²) in [6, 6.07) is 10.2. The molecule has 0 saturated carbocycles. The summed E-state index contributed by atoms with van der Waals surface area (Å²) in [5, 5.41) is 65.1. The number of phenols is 3. The summed E-state index contributed by atoms with van der Waals surface area (Å²) >= 11 is 3.17. The molecule has 0 spiro atoms. The number of aromatic hydroxyl groups is 3. The normalized spacial score (nSPS) is 12.8. The number of rotatable bonds is 4. The second-order valence-electron chi connectivity index (χ2n) is 6.94. The largest absolute Gasteiger partial charge is 0.504 e. The van der Waals surface area contributed by atoms with Gasteiger partial charge in [-0.3, -0.25) is 4.90 Å². The molecule has 10 nitrogen and oxygen atoms in total. The van der Waals surface area contributed by atoms with Crippen LogP contribution in [0.5, 0.6) is 23.0 Å². The van der Waals surface area contributed by atoms with E-state index in [-0.39, 0.29) is 28.2 Å². The Bertz CT molecular complexity index is 1230. The van der Waals surface area contributed by atoms with Gasteiger partial charge in [0.15, 0.2) is 23.0 Å². The van der Waals surface area contributed by atoms with Crippen molar-refractivity contribution in [2.24, 2.45) is 0 Å². The molecule has 1 aliphatic rings. The molecule has 2 aromatic rings. The summed E-state index contributed by atoms with van der Waals surface area (Å²) in [5.41, 5.74) is 1.47. The average molecular weight is 526 g/mol. The molecule has 0 atom stereocenters. The Hall–Kier alpha value is -4.00. The lowest BCUT2D eigenvalue weighted by Crippen LogP contribution is -2.36. The van der Waals surface area contributed by atoms with Crippen LogP contribution in [0.1, 0.15) is 33.4 Å². The van der Waals surface area contributed by atoms with Gasteiger partial charge in [0.1, 0.15) is 23.3 Å². The summed E-state index contributed by atoms with van der Waals surface area (Å²) in [6.45, 7) is 3.00. The average Bonchev–Trinajstić information content (AvgIpc) is 2.86. The zero-order valence-corrected chi connectivity index (χ0v) is 19.8. The highest BCUT2D eigenvalue weighted by atomic mass is 79.9.